The van der Waals surface area contributed by atoms with E-state index in [1.165, 1.54) is 6.33 Å². The third-order valence-corrected chi connectivity index (χ3v) is 7.59. The van der Waals surface area contributed by atoms with Gasteiger partial charge in [0.15, 0.2) is 29.0 Å². The number of nitrogens with zero attached hydrogens (tertiary/aromatic N) is 5. The van der Waals surface area contributed by atoms with Gasteiger partial charge in [-0.05, 0) is 31.2 Å². The summed E-state index contributed by atoms with van der Waals surface area (Å²) in [4.78, 5) is 14.0. The van der Waals surface area contributed by atoms with Crippen LogP contribution in [0.3, 0.4) is 0 Å². The molecular weight excluding hydrogens is 530 g/mol. The van der Waals surface area contributed by atoms with Crippen molar-refractivity contribution < 1.29 is 29.3 Å². The number of nitrogens with one attached hydrogen (secondary N) is 2. The van der Waals surface area contributed by atoms with E-state index in [-0.39, 0.29) is 24.6 Å². The molecule has 13 nitrogen and oxygen atoms in total. The van der Waals surface area contributed by atoms with Crippen LogP contribution in [0.4, 0.5) is 11.8 Å². The van der Waals surface area contributed by atoms with Crippen LogP contribution in [-0.4, -0.2) is 84.1 Å². The number of rotatable bonds is 10. The molecule has 5 atom stereocenters. The third-order valence-electron chi connectivity index (χ3n) is 7.59. The molecule has 13 heteroatoms. The number of aliphatic hydroxyl groups excluding tert-OH is 3. The van der Waals surface area contributed by atoms with E-state index in [1.807, 2.05) is 37.3 Å². The molecule has 0 radical (unpaired) electrons. The Morgan fingerprint density at radius 3 is 2.63 bits per heavy atom. The molecule has 41 heavy (non-hydrogen) atoms. The molecule has 2 fully saturated rings. The highest BCUT2D eigenvalue weighted by molar-refractivity contribution is 5.84. The number of hydrogen-bond acceptors (Lipinski definition) is 12. The molecule has 3 aromatic heterocycles. The third kappa shape index (κ3) is 5.76. The maximum absolute atomic E-state index is 11.0. The summed E-state index contributed by atoms with van der Waals surface area (Å²) in [7, 11) is 0. The maximum atomic E-state index is 11.0. The van der Waals surface area contributed by atoms with E-state index >= 15 is 0 Å². The van der Waals surface area contributed by atoms with Crippen LogP contribution >= 0.6 is 0 Å². The summed E-state index contributed by atoms with van der Waals surface area (Å²) in [5, 5.41) is 42.8. The summed E-state index contributed by atoms with van der Waals surface area (Å²) in [6.45, 7) is 3.12. The molecule has 2 aliphatic rings. The largest absolute Gasteiger partial charge is 0.394 e. The minimum atomic E-state index is -1.28. The Morgan fingerprint density at radius 2 is 1.90 bits per heavy atom. The van der Waals surface area contributed by atoms with Gasteiger partial charge in [-0.3, -0.25) is 4.57 Å². The summed E-state index contributed by atoms with van der Waals surface area (Å²) >= 11 is 0. The Bertz CT molecular complexity index is 1440. The second kappa shape index (κ2) is 12.1. The minimum Gasteiger partial charge on any atom is -0.394 e. The highest BCUT2D eigenvalue weighted by Gasteiger charge is 2.47. The zero-order chi connectivity index (χ0) is 28.3. The molecule has 0 spiro atoms. The van der Waals surface area contributed by atoms with Crippen LogP contribution in [0, 0.1) is 0 Å². The molecule has 2 saturated heterocycles. The van der Waals surface area contributed by atoms with Crippen LogP contribution in [0.5, 0.6) is 0 Å². The first-order valence-electron chi connectivity index (χ1n) is 14.0. The molecule has 5 heterocycles. The Labute approximate surface area is 236 Å². The van der Waals surface area contributed by atoms with Crippen molar-refractivity contribution in [3.63, 3.8) is 0 Å². The van der Waals surface area contributed by atoms with Crippen LogP contribution in [0.2, 0.25) is 0 Å². The number of imidazole rings is 1. The standard InChI is InChI=1S/C28H35N7O6/c1-2-17-13-20(41-34-17)24-22(37)23(38)27(40-24)35-15-29-21-25(30-18-8-10-39-11-9-18)32-28(33-26(21)35)31-19(14-36)12-16-6-4-3-5-7-16/h3-7,13,15,18-19,22-24,27,36-38H,2,8-12,14H2,1H3,(H2,30,31,32,33)/t19-,22-,23+,24+,27+/m0/s1. The highest BCUT2D eigenvalue weighted by atomic mass is 16.6. The second-order valence-corrected chi connectivity index (χ2v) is 10.5. The number of hydrogen-bond donors (Lipinski definition) is 5. The van der Waals surface area contributed by atoms with Gasteiger partial charge < -0.3 is 39.9 Å². The Balaban J connectivity index is 1.33. The molecule has 0 bridgehead atoms. The highest BCUT2D eigenvalue weighted by Crippen LogP contribution is 2.40. The van der Waals surface area contributed by atoms with Crippen molar-refractivity contribution >= 4 is 22.9 Å². The quantitative estimate of drug-likeness (QED) is 0.190. The molecule has 4 aromatic rings. The van der Waals surface area contributed by atoms with Gasteiger partial charge in [0.05, 0.1) is 24.7 Å². The average molecular weight is 566 g/mol. The maximum Gasteiger partial charge on any atom is 0.227 e. The smallest absolute Gasteiger partial charge is 0.227 e. The van der Waals surface area contributed by atoms with Gasteiger partial charge >= 0.3 is 0 Å². The van der Waals surface area contributed by atoms with Gasteiger partial charge in [-0.2, -0.15) is 9.97 Å². The van der Waals surface area contributed by atoms with Crippen LogP contribution < -0.4 is 10.6 Å². The number of fused-ring (bicyclic) bond motifs is 1. The van der Waals surface area contributed by atoms with Gasteiger partial charge in [0.1, 0.15) is 18.3 Å². The van der Waals surface area contributed by atoms with Gasteiger partial charge in [0.25, 0.3) is 0 Å². The molecule has 1 aromatic carbocycles. The van der Waals surface area contributed by atoms with Crippen molar-refractivity contribution in [2.45, 2.75) is 69.2 Å². The number of aromatic nitrogens is 5. The lowest BCUT2D eigenvalue weighted by Crippen LogP contribution is -2.30. The lowest BCUT2D eigenvalue weighted by atomic mass is 10.1. The van der Waals surface area contributed by atoms with E-state index < -0.39 is 24.5 Å². The van der Waals surface area contributed by atoms with E-state index in [0.29, 0.717) is 48.8 Å². The molecule has 0 aliphatic carbocycles. The number of anilines is 2. The van der Waals surface area contributed by atoms with Crippen LogP contribution in [0.25, 0.3) is 11.2 Å². The van der Waals surface area contributed by atoms with Crippen molar-refractivity contribution in [3.8, 4) is 0 Å². The second-order valence-electron chi connectivity index (χ2n) is 10.5. The molecule has 2 aliphatic heterocycles. The number of ether oxygens (including phenoxy) is 2. The summed E-state index contributed by atoms with van der Waals surface area (Å²) in [5.74, 6) is 1.15. The van der Waals surface area contributed by atoms with Gasteiger partial charge in [-0.1, -0.05) is 42.4 Å². The van der Waals surface area contributed by atoms with Crippen molar-refractivity contribution in [1.29, 1.82) is 0 Å². The van der Waals surface area contributed by atoms with Gasteiger partial charge in [-0.15, -0.1) is 0 Å². The zero-order valence-corrected chi connectivity index (χ0v) is 22.8. The van der Waals surface area contributed by atoms with E-state index in [9.17, 15) is 15.3 Å². The Morgan fingerprint density at radius 1 is 1.10 bits per heavy atom. The van der Waals surface area contributed by atoms with E-state index in [1.54, 1.807) is 10.6 Å². The number of benzene rings is 1. The Hall–Kier alpha value is -3.62. The van der Waals surface area contributed by atoms with Gasteiger partial charge in [-0.25, -0.2) is 4.98 Å². The topological polar surface area (TPSA) is 173 Å². The molecule has 0 saturated carbocycles. The van der Waals surface area contributed by atoms with Crippen molar-refractivity contribution in [3.05, 3.63) is 59.7 Å². The molecular formula is C28H35N7O6. The normalized spacial score (nSPS) is 24.1. The molecule has 218 valence electrons. The number of aryl methyl sites for hydroxylation is 1. The number of aliphatic hydroxyl groups is 3. The summed E-state index contributed by atoms with van der Waals surface area (Å²) in [5.41, 5.74) is 2.68. The van der Waals surface area contributed by atoms with Crippen molar-refractivity contribution in [2.75, 3.05) is 30.5 Å². The van der Waals surface area contributed by atoms with E-state index in [4.69, 9.17) is 24.0 Å². The van der Waals surface area contributed by atoms with Crippen LogP contribution in [0.15, 0.2) is 47.2 Å². The van der Waals surface area contributed by atoms with Gasteiger partial charge in [0.2, 0.25) is 5.95 Å². The van der Waals surface area contributed by atoms with Crippen LogP contribution in [0.1, 0.15) is 49.1 Å². The van der Waals surface area contributed by atoms with Crippen molar-refractivity contribution in [2.24, 2.45) is 0 Å². The lowest BCUT2D eigenvalue weighted by molar-refractivity contribution is -0.0434. The fourth-order valence-electron chi connectivity index (χ4n) is 5.30. The predicted octanol–water partition coefficient (Wildman–Crippen LogP) is 1.97. The van der Waals surface area contributed by atoms with Crippen LogP contribution in [-0.2, 0) is 22.3 Å². The fraction of sp³-hybridized carbons (Fsp3) is 0.500. The predicted molar refractivity (Wildman–Crippen MR) is 148 cm³/mol. The fourth-order valence-corrected chi connectivity index (χ4v) is 5.30. The molecule has 5 N–H and O–H groups in total. The minimum absolute atomic E-state index is 0.131. The molecule has 0 unspecified atom stereocenters. The average Bonchev–Trinajstić information content (AvgIpc) is 3.72. The van der Waals surface area contributed by atoms with E-state index in [2.05, 4.69) is 20.8 Å². The van der Waals surface area contributed by atoms with Crippen molar-refractivity contribution in [1.82, 2.24) is 24.7 Å². The van der Waals surface area contributed by atoms with E-state index in [0.717, 1.165) is 24.1 Å². The first-order chi connectivity index (χ1) is 20.0. The summed E-state index contributed by atoms with van der Waals surface area (Å²) in [6.07, 6.45) is -0.0550. The molecule has 6 rings (SSSR count). The first-order valence-corrected chi connectivity index (χ1v) is 14.0. The lowest BCUT2D eigenvalue weighted by Gasteiger charge is -2.24. The molecule has 0 amide bonds. The SMILES string of the molecule is CCc1cc([C@H]2O[C@@H](n3cnc4c(NC5CCOCC5)nc(N[C@H](CO)Cc5ccccc5)nc43)[C@H](O)[C@@H]2O)on1. The monoisotopic (exact) mass is 565 g/mol. The summed E-state index contributed by atoms with van der Waals surface area (Å²) < 4.78 is 18.6. The Kier molecular flexibility index (Phi) is 8.12. The zero-order valence-electron chi connectivity index (χ0n) is 22.8. The summed E-state index contributed by atoms with van der Waals surface area (Å²) in [6, 6.07) is 11.4. The van der Waals surface area contributed by atoms with Gasteiger partial charge in [0, 0.05) is 25.3 Å². The first kappa shape index (κ1) is 27.5.